The summed E-state index contributed by atoms with van der Waals surface area (Å²) >= 11 is 2.27. The summed E-state index contributed by atoms with van der Waals surface area (Å²) < 4.78 is 11.7. The molecule has 3 heteroatoms. The average molecular weight is 318 g/mol. The summed E-state index contributed by atoms with van der Waals surface area (Å²) in [6.45, 7) is 1.38. The van der Waals surface area contributed by atoms with E-state index in [0.29, 0.717) is 13.2 Å². The minimum atomic E-state index is 0.670. The zero-order valence-electron chi connectivity index (χ0n) is 8.78. The second-order valence-corrected chi connectivity index (χ2v) is 4.27. The maximum absolute atomic E-state index is 5.57. The van der Waals surface area contributed by atoms with Gasteiger partial charge in [-0.05, 0) is 47.2 Å². The number of hydrogen-bond acceptors (Lipinski definition) is 2. The molecule has 82 valence electrons. The normalized spacial score (nSPS) is 10.8. The van der Waals surface area contributed by atoms with Crippen LogP contribution in [0, 0.1) is 3.57 Å². The molecule has 0 aliphatic heterocycles. The molecule has 0 saturated carbocycles. The van der Waals surface area contributed by atoms with Gasteiger partial charge >= 0.3 is 0 Å². The van der Waals surface area contributed by atoms with E-state index < -0.39 is 0 Å². The molecule has 0 bridgehead atoms. The minimum absolute atomic E-state index is 0.670. The molecule has 0 spiro atoms. The highest BCUT2D eigenvalue weighted by Gasteiger charge is 1.92. The summed E-state index contributed by atoms with van der Waals surface area (Å²) in [5.74, 6) is 0.932. The molecule has 15 heavy (non-hydrogen) atoms. The highest BCUT2D eigenvalue weighted by molar-refractivity contribution is 14.1. The minimum Gasteiger partial charge on any atom is -0.493 e. The molecule has 1 aromatic rings. The SMILES string of the molecule is COC/C=C/CCOc1cccc(I)c1. The van der Waals surface area contributed by atoms with Gasteiger partial charge in [-0.15, -0.1) is 0 Å². The molecule has 0 N–H and O–H groups in total. The Kier molecular flexibility index (Phi) is 6.43. The van der Waals surface area contributed by atoms with Gasteiger partial charge in [-0.2, -0.15) is 0 Å². The first-order valence-electron chi connectivity index (χ1n) is 4.85. The largest absolute Gasteiger partial charge is 0.493 e. The maximum atomic E-state index is 5.57. The first kappa shape index (κ1) is 12.5. The Bertz CT molecular complexity index is 310. The van der Waals surface area contributed by atoms with E-state index in [1.165, 1.54) is 3.57 Å². The molecule has 0 aliphatic rings. The number of halogens is 1. The highest BCUT2D eigenvalue weighted by Crippen LogP contribution is 2.14. The van der Waals surface area contributed by atoms with E-state index in [4.69, 9.17) is 9.47 Å². The molecule has 0 radical (unpaired) electrons. The summed E-state index contributed by atoms with van der Waals surface area (Å²) in [5, 5.41) is 0. The Balaban J connectivity index is 2.20. The van der Waals surface area contributed by atoms with Gasteiger partial charge in [-0.1, -0.05) is 18.2 Å². The number of rotatable bonds is 6. The Labute approximate surface area is 104 Å². The highest BCUT2D eigenvalue weighted by atomic mass is 127. The van der Waals surface area contributed by atoms with Gasteiger partial charge in [0.05, 0.1) is 13.2 Å². The Morgan fingerprint density at radius 1 is 1.33 bits per heavy atom. The van der Waals surface area contributed by atoms with Crippen LogP contribution in [0.4, 0.5) is 0 Å². The average Bonchev–Trinajstić information content (AvgIpc) is 2.23. The molecule has 1 aromatic carbocycles. The maximum Gasteiger partial charge on any atom is 0.120 e. The van der Waals surface area contributed by atoms with Crippen molar-refractivity contribution in [1.29, 1.82) is 0 Å². The topological polar surface area (TPSA) is 18.5 Å². The van der Waals surface area contributed by atoms with Gasteiger partial charge in [-0.25, -0.2) is 0 Å². The van der Waals surface area contributed by atoms with Gasteiger partial charge in [0, 0.05) is 10.7 Å². The van der Waals surface area contributed by atoms with E-state index in [-0.39, 0.29) is 0 Å². The van der Waals surface area contributed by atoms with E-state index in [1.807, 2.05) is 30.3 Å². The van der Waals surface area contributed by atoms with Crippen LogP contribution in [0.3, 0.4) is 0 Å². The van der Waals surface area contributed by atoms with Gasteiger partial charge in [0.1, 0.15) is 5.75 Å². The van der Waals surface area contributed by atoms with Crippen LogP contribution < -0.4 is 4.74 Å². The number of ether oxygens (including phenoxy) is 2. The van der Waals surface area contributed by atoms with Crippen molar-refractivity contribution in [2.45, 2.75) is 6.42 Å². The van der Waals surface area contributed by atoms with Gasteiger partial charge < -0.3 is 9.47 Å². The third-order valence-electron chi connectivity index (χ3n) is 1.78. The van der Waals surface area contributed by atoms with Crippen LogP contribution >= 0.6 is 22.6 Å². The fraction of sp³-hybridized carbons (Fsp3) is 0.333. The molecule has 0 aromatic heterocycles. The van der Waals surface area contributed by atoms with Crippen molar-refractivity contribution >= 4 is 22.6 Å². The quantitative estimate of drug-likeness (QED) is 0.455. The summed E-state index contributed by atoms with van der Waals surface area (Å²) in [7, 11) is 1.69. The lowest BCUT2D eigenvalue weighted by Crippen LogP contribution is -1.95. The van der Waals surface area contributed by atoms with Gasteiger partial charge in [0.2, 0.25) is 0 Å². The molecule has 2 nitrogen and oxygen atoms in total. The van der Waals surface area contributed by atoms with E-state index in [9.17, 15) is 0 Å². The van der Waals surface area contributed by atoms with E-state index in [1.54, 1.807) is 7.11 Å². The third kappa shape index (κ3) is 5.79. The lowest BCUT2D eigenvalue weighted by atomic mass is 10.3. The second-order valence-electron chi connectivity index (χ2n) is 3.02. The van der Waals surface area contributed by atoms with Crippen molar-refractivity contribution in [3.63, 3.8) is 0 Å². The molecule has 0 saturated heterocycles. The molecule has 0 amide bonds. The molecular weight excluding hydrogens is 303 g/mol. The fourth-order valence-corrected chi connectivity index (χ4v) is 1.60. The zero-order chi connectivity index (χ0) is 10.9. The molecule has 0 aliphatic carbocycles. The Morgan fingerprint density at radius 3 is 2.93 bits per heavy atom. The summed E-state index contributed by atoms with van der Waals surface area (Å²) in [6, 6.07) is 8.05. The second kappa shape index (κ2) is 7.70. The first-order valence-corrected chi connectivity index (χ1v) is 5.93. The van der Waals surface area contributed by atoms with Crippen LogP contribution in [-0.4, -0.2) is 20.3 Å². The van der Waals surface area contributed by atoms with E-state index in [2.05, 4.69) is 28.7 Å². The zero-order valence-corrected chi connectivity index (χ0v) is 10.9. The lowest BCUT2D eigenvalue weighted by molar-refractivity contribution is 0.233. The van der Waals surface area contributed by atoms with Crippen LogP contribution in [0.2, 0.25) is 0 Å². The fourth-order valence-electron chi connectivity index (χ4n) is 1.08. The predicted octanol–water partition coefficient (Wildman–Crippen LogP) is 3.26. The Morgan fingerprint density at radius 2 is 2.20 bits per heavy atom. The predicted molar refractivity (Wildman–Crippen MR) is 70.3 cm³/mol. The van der Waals surface area contributed by atoms with Crippen molar-refractivity contribution in [1.82, 2.24) is 0 Å². The third-order valence-corrected chi connectivity index (χ3v) is 2.45. The monoisotopic (exact) mass is 318 g/mol. The van der Waals surface area contributed by atoms with Crippen molar-refractivity contribution in [3.8, 4) is 5.75 Å². The first-order chi connectivity index (χ1) is 7.33. The van der Waals surface area contributed by atoms with E-state index >= 15 is 0 Å². The smallest absolute Gasteiger partial charge is 0.120 e. The van der Waals surface area contributed by atoms with Crippen LogP contribution in [-0.2, 0) is 4.74 Å². The van der Waals surface area contributed by atoms with Crippen molar-refractivity contribution in [2.24, 2.45) is 0 Å². The summed E-state index contributed by atoms with van der Waals surface area (Å²) in [5.41, 5.74) is 0. The molecular formula is C12H15IO2. The van der Waals surface area contributed by atoms with Crippen molar-refractivity contribution in [2.75, 3.05) is 20.3 Å². The molecule has 1 rings (SSSR count). The van der Waals surface area contributed by atoms with Crippen LogP contribution in [0.25, 0.3) is 0 Å². The van der Waals surface area contributed by atoms with Gasteiger partial charge in [-0.3, -0.25) is 0 Å². The number of hydrogen-bond donors (Lipinski definition) is 0. The summed E-state index contributed by atoms with van der Waals surface area (Å²) in [4.78, 5) is 0. The van der Waals surface area contributed by atoms with E-state index in [0.717, 1.165) is 12.2 Å². The molecule has 0 heterocycles. The lowest BCUT2D eigenvalue weighted by Gasteiger charge is -2.04. The number of methoxy groups -OCH3 is 1. The van der Waals surface area contributed by atoms with Gasteiger partial charge in [0.25, 0.3) is 0 Å². The molecule has 0 unspecified atom stereocenters. The van der Waals surface area contributed by atoms with Gasteiger partial charge in [0.15, 0.2) is 0 Å². The van der Waals surface area contributed by atoms with Crippen LogP contribution in [0.5, 0.6) is 5.75 Å². The standard InChI is InChI=1S/C12H15IO2/c1-14-8-3-2-4-9-15-12-7-5-6-11(13)10-12/h2-3,5-7,10H,4,8-9H2,1H3/b3-2+. The van der Waals surface area contributed by atoms with Crippen molar-refractivity contribution in [3.05, 3.63) is 40.0 Å². The Hall–Kier alpha value is -0.550. The molecule has 0 atom stereocenters. The summed E-state index contributed by atoms with van der Waals surface area (Å²) in [6.07, 6.45) is 4.98. The van der Waals surface area contributed by atoms with Crippen molar-refractivity contribution < 1.29 is 9.47 Å². The number of benzene rings is 1. The van der Waals surface area contributed by atoms with Crippen LogP contribution in [0.1, 0.15) is 6.42 Å². The van der Waals surface area contributed by atoms with Crippen LogP contribution in [0.15, 0.2) is 36.4 Å². The molecule has 0 fully saturated rings.